The number of nitrogens with two attached hydrogens (primary N) is 1. The van der Waals surface area contributed by atoms with Crippen molar-refractivity contribution in [2.24, 2.45) is 11.1 Å². The molecule has 2 aromatic carbocycles. The van der Waals surface area contributed by atoms with E-state index in [0.29, 0.717) is 40.3 Å². The zero-order valence-electron chi connectivity index (χ0n) is 27.2. The van der Waals surface area contributed by atoms with Gasteiger partial charge in [0.2, 0.25) is 0 Å². The number of carbonyl (C=O) groups is 3. The van der Waals surface area contributed by atoms with Gasteiger partial charge in [-0.15, -0.1) is 0 Å². The van der Waals surface area contributed by atoms with Crippen molar-refractivity contribution in [1.29, 1.82) is 0 Å². The third-order valence-electron chi connectivity index (χ3n) is 8.91. The van der Waals surface area contributed by atoms with Gasteiger partial charge in [-0.05, 0) is 105 Å². The molecule has 0 radical (unpaired) electrons. The van der Waals surface area contributed by atoms with Gasteiger partial charge in [-0.3, -0.25) is 14.4 Å². The van der Waals surface area contributed by atoms with Crippen LogP contribution in [0.25, 0.3) is 16.6 Å². The third kappa shape index (κ3) is 7.13. The number of carbonyl (C=O) groups excluding carboxylic acids is 3. The largest absolute Gasteiger partial charge is 0.490 e. The molecular formula is C36H40FN5O6. The van der Waals surface area contributed by atoms with Gasteiger partial charge in [-0.25, -0.2) is 8.91 Å². The molecule has 6 rings (SSSR count). The first-order chi connectivity index (χ1) is 22.8. The zero-order chi connectivity index (χ0) is 34.2. The fourth-order valence-corrected chi connectivity index (χ4v) is 6.57. The summed E-state index contributed by atoms with van der Waals surface area (Å²) < 4.78 is 28.0. The molecule has 12 heteroatoms. The van der Waals surface area contributed by atoms with E-state index in [1.807, 2.05) is 6.92 Å². The lowest BCUT2D eigenvalue weighted by molar-refractivity contribution is -0.0834. The fraction of sp³-hybridized carbons (Fsp3) is 0.389. The van der Waals surface area contributed by atoms with Crippen LogP contribution in [0.4, 0.5) is 4.39 Å². The van der Waals surface area contributed by atoms with E-state index in [-0.39, 0.29) is 47.1 Å². The van der Waals surface area contributed by atoms with Crippen LogP contribution in [0.1, 0.15) is 83.9 Å². The Bertz CT molecular complexity index is 1870. The fourth-order valence-electron chi connectivity index (χ4n) is 6.57. The molecule has 0 bridgehead atoms. The number of hydrogen-bond acceptors (Lipinski definition) is 7. The van der Waals surface area contributed by atoms with E-state index < -0.39 is 17.3 Å². The van der Waals surface area contributed by atoms with Gasteiger partial charge in [0.25, 0.3) is 17.7 Å². The molecule has 48 heavy (non-hydrogen) atoms. The van der Waals surface area contributed by atoms with Crippen LogP contribution in [0.5, 0.6) is 11.5 Å². The molecule has 2 aromatic heterocycles. The minimum absolute atomic E-state index is 0.0176. The Morgan fingerprint density at radius 1 is 1.04 bits per heavy atom. The quantitative estimate of drug-likeness (QED) is 0.173. The van der Waals surface area contributed by atoms with E-state index in [1.165, 1.54) is 18.3 Å². The van der Waals surface area contributed by atoms with E-state index in [1.54, 1.807) is 61.0 Å². The number of ether oxygens (including phenoxy) is 2. The lowest BCUT2D eigenvalue weighted by atomic mass is 9.53. The maximum atomic E-state index is 14.5. The summed E-state index contributed by atoms with van der Waals surface area (Å²) >= 11 is 0. The van der Waals surface area contributed by atoms with E-state index in [2.05, 4.69) is 15.7 Å². The molecule has 0 aliphatic heterocycles. The molecular weight excluding hydrogens is 617 g/mol. The predicted octanol–water partition coefficient (Wildman–Crippen LogP) is 4.65. The molecule has 0 unspecified atom stereocenters. The molecule has 252 valence electrons. The number of aliphatic hydroxyl groups is 1. The summed E-state index contributed by atoms with van der Waals surface area (Å²) in [6, 6.07) is 12.5. The van der Waals surface area contributed by atoms with Crippen LogP contribution < -0.4 is 25.8 Å². The van der Waals surface area contributed by atoms with Gasteiger partial charge >= 0.3 is 0 Å². The Morgan fingerprint density at radius 2 is 1.81 bits per heavy atom. The molecule has 2 heterocycles. The van der Waals surface area contributed by atoms with Crippen molar-refractivity contribution >= 4 is 23.2 Å². The van der Waals surface area contributed by atoms with Crippen LogP contribution in [0.3, 0.4) is 0 Å². The molecule has 2 aliphatic rings. The lowest BCUT2D eigenvalue weighted by Crippen LogP contribution is -2.58. The van der Waals surface area contributed by atoms with Gasteiger partial charge in [0.05, 0.1) is 40.7 Å². The Labute approximate surface area is 277 Å². The summed E-state index contributed by atoms with van der Waals surface area (Å²) in [6.45, 7) is 5.86. The normalized spacial score (nSPS) is 20.1. The first-order valence-corrected chi connectivity index (χ1v) is 16.1. The van der Waals surface area contributed by atoms with Gasteiger partial charge in [-0.1, -0.05) is 13.0 Å². The summed E-state index contributed by atoms with van der Waals surface area (Å²) in [4.78, 5) is 37.8. The van der Waals surface area contributed by atoms with Crippen LogP contribution in [0, 0.1) is 11.2 Å². The molecule has 1 spiro atoms. The molecule has 2 aliphatic carbocycles. The molecule has 5 N–H and O–H groups in total. The van der Waals surface area contributed by atoms with Gasteiger partial charge in [-0.2, -0.15) is 5.10 Å². The van der Waals surface area contributed by atoms with E-state index in [9.17, 15) is 23.9 Å². The number of pyridine rings is 1. The van der Waals surface area contributed by atoms with Gasteiger partial charge in [0, 0.05) is 18.2 Å². The number of fused-ring (bicyclic) bond motifs is 1. The van der Waals surface area contributed by atoms with E-state index in [0.717, 1.165) is 32.1 Å². The second-order valence-electron chi connectivity index (χ2n) is 13.6. The maximum Gasteiger partial charge on any atom is 0.255 e. The number of rotatable bonds is 12. The van der Waals surface area contributed by atoms with Crippen molar-refractivity contribution in [2.75, 3.05) is 13.2 Å². The Kier molecular flexibility index (Phi) is 8.86. The first kappa shape index (κ1) is 33.0. The van der Waals surface area contributed by atoms with Crippen molar-refractivity contribution in [3.8, 4) is 22.6 Å². The van der Waals surface area contributed by atoms with Gasteiger partial charge in [0.15, 0.2) is 0 Å². The molecule has 0 saturated heterocycles. The summed E-state index contributed by atoms with van der Waals surface area (Å²) in [7, 11) is 0. The topological polar surface area (TPSA) is 157 Å². The lowest BCUT2D eigenvalue weighted by Gasteiger charge is -2.57. The molecule has 0 atom stereocenters. The number of amides is 3. The van der Waals surface area contributed by atoms with Crippen molar-refractivity contribution in [3.63, 3.8) is 0 Å². The Balaban J connectivity index is 1.06. The monoisotopic (exact) mass is 657 g/mol. The van der Waals surface area contributed by atoms with Crippen LogP contribution in [-0.4, -0.2) is 63.3 Å². The summed E-state index contributed by atoms with van der Waals surface area (Å²) in [6.07, 6.45) is 6.94. The summed E-state index contributed by atoms with van der Waals surface area (Å²) in [5.74, 6) is -0.903. The summed E-state index contributed by atoms with van der Waals surface area (Å²) in [5.41, 5.74) is 7.32. The smallest absolute Gasteiger partial charge is 0.255 e. The zero-order valence-corrected chi connectivity index (χ0v) is 27.2. The van der Waals surface area contributed by atoms with Crippen LogP contribution in [-0.2, 0) is 0 Å². The number of nitrogens with zero attached hydrogens (tertiary/aromatic N) is 2. The molecule has 11 nitrogen and oxygen atoms in total. The molecule has 2 saturated carbocycles. The number of benzene rings is 2. The number of primary amides is 1. The standard InChI is InChI=1S/C36H40FN5O6/c1-4-9-39-33(44)23-10-22(11-24(37)12-23)21-5-7-28(32(38)43)31(13-21)48-27-16-36(17-27)14-25(15-36)41-34(45)29-18-40-42-19-26(6-8-30(29)42)47-20-35(2,3)46/h5-8,10-13,18-19,25,27,46H,4,9,14-17,20H2,1-3H3,(H2,38,43)(H,39,44)(H,41,45). The molecule has 2 fully saturated rings. The number of aromatic nitrogens is 2. The minimum atomic E-state index is -0.974. The van der Waals surface area contributed by atoms with Crippen molar-refractivity contribution in [1.82, 2.24) is 20.2 Å². The number of halogens is 1. The predicted molar refractivity (Wildman–Crippen MR) is 177 cm³/mol. The third-order valence-corrected chi connectivity index (χ3v) is 8.91. The van der Waals surface area contributed by atoms with Crippen molar-refractivity contribution in [2.45, 2.75) is 70.6 Å². The highest BCUT2D eigenvalue weighted by atomic mass is 19.1. The van der Waals surface area contributed by atoms with Gasteiger partial charge < -0.3 is 30.9 Å². The highest BCUT2D eigenvalue weighted by Gasteiger charge is 2.54. The molecule has 4 aromatic rings. The highest BCUT2D eigenvalue weighted by Crippen LogP contribution is 2.57. The van der Waals surface area contributed by atoms with E-state index in [4.69, 9.17) is 15.2 Å². The maximum absolute atomic E-state index is 14.5. The van der Waals surface area contributed by atoms with Crippen LogP contribution in [0.2, 0.25) is 0 Å². The van der Waals surface area contributed by atoms with Crippen LogP contribution >= 0.6 is 0 Å². The first-order valence-electron chi connectivity index (χ1n) is 16.1. The Morgan fingerprint density at radius 3 is 2.52 bits per heavy atom. The van der Waals surface area contributed by atoms with E-state index >= 15 is 0 Å². The number of nitrogens with one attached hydrogen (secondary N) is 2. The van der Waals surface area contributed by atoms with Crippen LogP contribution in [0.15, 0.2) is 60.9 Å². The second-order valence-corrected chi connectivity index (χ2v) is 13.6. The van der Waals surface area contributed by atoms with Gasteiger partial charge in [0.1, 0.15) is 23.9 Å². The second kappa shape index (κ2) is 12.9. The SMILES string of the molecule is CCCNC(=O)c1cc(F)cc(-c2ccc(C(N)=O)c(OC3CC4(CC(NC(=O)c5cnn6cc(OCC(C)(C)O)ccc56)C4)C3)c2)c1. The average Bonchev–Trinajstić information content (AvgIpc) is 3.43. The van der Waals surface area contributed by atoms with Crippen molar-refractivity contribution < 1.29 is 33.4 Å². The highest BCUT2D eigenvalue weighted by molar-refractivity contribution is 6.01. The number of hydrogen-bond donors (Lipinski definition) is 4. The average molecular weight is 658 g/mol. The summed E-state index contributed by atoms with van der Waals surface area (Å²) in [5, 5.41) is 20.1. The molecule has 3 amide bonds. The minimum Gasteiger partial charge on any atom is -0.490 e. The van der Waals surface area contributed by atoms with Crippen molar-refractivity contribution in [3.05, 3.63) is 83.4 Å². The Hall–Kier alpha value is -4.97.